The molecule has 1 fully saturated rings. The molecule has 2 aromatic rings. The zero-order valence-corrected chi connectivity index (χ0v) is 14.6. The van der Waals surface area contributed by atoms with Crippen LogP contribution in [0.1, 0.15) is 35.6 Å². The zero-order chi connectivity index (χ0) is 17.6. The van der Waals surface area contributed by atoms with Crippen molar-refractivity contribution in [1.29, 1.82) is 0 Å². The maximum Gasteiger partial charge on any atom is 0.237 e. The summed E-state index contributed by atoms with van der Waals surface area (Å²) in [5.41, 5.74) is 10.4. The van der Waals surface area contributed by atoms with Crippen molar-refractivity contribution in [2.24, 2.45) is 5.73 Å². The van der Waals surface area contributed by atoms with Crippen LogP contribution < -0.4 is 5.73 Å². The molecule has 2 atom stereocenters. The van der Waals surface area contributed by atoms with Crippen molar-refractivity contribution in [1.82, 2.24) is 9.47 Å². The van der Waals surface area contributed by atoms with Gasteiger partial charge in [0.15, 0.2) is 0 Å². The van der Waals surface area contributed by atoms with Crippen LogP contribution in [0, 0.1) is 0 Å². The molecular weight excluding hydrogens is 310 g/mol. The summed E-state index contributed by atoms with van der Waals surface area (Å²) in [7, 11) is 0. The van der Waals surface area contributed by atoms with E-state index in [1.54, 1.807) is 0 Å². The van der Waals surface area contributed by atoms with Gasteiger partial charge in [-0.2, -0.15) is 0 Å². The fourth-order valence-electron chi connectivity index (χ4n) is 4.97. The predicted octanol–water partition coefficient (Wildman–Crippen LogP) is 3.06. The number of carbonyl (C=O) groups is 1. The van der Waals surface area contributed by atoms with E-state index in [4.69, 9.17) is 5.73 Å². The summed E-state index contributed by atoms with van der Waals surface area (Å²) in [6.07, 6.45) is 7.33. The lowest BCUT2D eigenvalue weighted by Gasteiger charge is -2.44. The Hall–Kier alpha value is -2.33. The summed E-state index contributed by atoms with van der Waals surface area (Å²) in [5, 5.41) is 1.32. The van der Waals surface area contributed by atoms with Crippen LogP contribution in [0.5, 0.6) is 0 Å². The van der Waals surface area contributed by atoms with E-state index in [-0.39, 0.29) is 12.5 Å². The largest absolute Gasteiger partial charge is 0.368 e. The van der Waals surface area contributed by atoms with E-state index in [0.717, 1.165) is 30.7 Å². The highest BCUT2D eigenvalue weighted by Gasteiger charge is 2.38. The summed E-state index contributed by atoms with van der Waals surface area (Å²) in [6.45, 7) is 10.2. The number of rotatable bonds is 5. The van der Waals surface area contributed by atoms with Gasteiger partial charge in [-0.25, -0.2) is 0 Å². The van der Waals surface area contributed by atoms with Gasteiger partial charge in [0.05, 0.1) is 0 Å². The minimum Gasteiger partial charge on any atom is -0.368 e. The average Bonchev–Trinajstić information content (AvgIpc) is 2.90. The van der Waals surface area contributed by atoms with Gasteiger partial charge in [-0.05, 0) is 49.1 Å². The number of nitrogens with zero attached hydrogens (tertiary/aromatic N) is 2. The second-order valence-corrected chi connectivity index (χ2v) is 7.17. The normalized spacial score (nSPS) is 22.6. The highest BCUT2D eigenvalue weighted by molar-refractivity contribution is 5.93. The average molecular weight is 335 g/mol. The van der Waals surface area contributed by atoms with Gasteiger partial charge < -0.3 is 10.3 Å². The van der Waals surface area contributed by atoms with Gasteiger partial charge in [-0.3, -0.25) is 9.69 Å². The van der Waals surface area contributed by atoms with Crippen LogP contribution in [0.2, 0.25) is 0 Å². The standard InChI is InChI=1S/C21H25N3O/c1-3-10-23-11-6-8-14-15-7-5-9-18-21(15)16(12-19(14)23)17(4-2)24(18)13-20(22)25/h3-5,7,9,14,19H,1-2,6,8,10-13H2,(H2,22,25)/t14-,19-/m1/s1. The molecule has 0 radical (unpaired) electrons. The van der Waals surface area contributed by atoms with Crippen LogP contribution in [0.4, 0.5) is 0 Å². The molecule has 1 saturated heterocycles. The minimum absolute atomic E-state index is 0.201. The summed E-state index contributed by atoms with van der Waals surface area (Å²) >= 11 is 0. The van der Waals surface area contributed by atoms with Crippen molar-refractivity contribution in [3.63, 3.8) is 0 Å². The second-order valence-electron chi connectivity index (χ2n) is 7.17. The lowest BCUT2D eigenvalue weighted by Crippen LogP contribution is -2.46. The van der Waals surface area contributed by atoms with Gasteiger partial charge in [0.1, 0.15) is 6.54 Å². The Morgan fingerprint density at radius 3 is 2.92 bits per heavy atom. The van der Waals surface area contributed by atoms with Gasteiger partial charge in [0, 0.05) is 35.1 Å². The number of likely N-dealkylation sites (tertiary alicyclic amines) is 1. The van der Waals surface area contributed by atoms with E-state index in [9.17, 15) is 4.79 Å². The quantitative estimate of drug-likeness (QED) is 0.854. The number of aromatic nitrogens is 1. The molecule has 0 unspecified atom stereocenters. The molecule has 0 bridgehead atoms. The SMILES string of the molecule is C=CCN1CCC[C@@H]2c3cccc4c3c(c(C=C)n4CC(N)=O)C[C@H]21. The zero-order valence-electron chi connectivity index (χ0n) is 14.6. The number of fused-ring (bicyclic) bond motifs is 2. The fourth-order valence-corrected chi connectivity index (χ4v) is 4.97. The molecule has 2 N–H and O–H groups in total. The lowest BCUT2D eigenvalue weighted by molar-refractivity contribution is -0.118. The van der Waals surface area contributed by atoms with E-state index in [0.29, 0.717) is 12.0 Å². The van der Waals surface area contributed by atoms with Gasteiger partial charge in [0.2, 0.25) is 5.91 Å². The number of nitrogens with two attached hydrogens (primary N) is 1. The summed E-state index contributed by atoms with van der Waals surface area (Å²) in [4.78, 5) is 14.2. The Bertz CT molecular complexity index is 864. The van der Waals surface area contributed by atoms with E-state index >= 15 is 0 Å². The first kappa shape index (κ1) is 16.2. The monoisotopic (exact) mass is 335 g/mol. The van der Waals surface area contributed by atoms with Crippen molar-refractivity contribution in [3.8, 4) is 0 Å². The van der Waals surface area contributed by atoms with E-state index in [1.807, 2.05) is 16.7 Å². The lowest BCUT2D eigenvalue weighted by atomic mass is 9.74. The topological polar surface area (TPSA) is 51.3 Å². The smallest absolute Gasteiger partial charge is 0.237 e. The van der Waals surface area contributed by atoms with Crippen LogP contribution in [0.3, 0.4) is 0 Å². The summed E-state index contributed by atoms with van der Waals surface area (Å²) < 4.78 is 2.04. The molecule has 4 rings (SSSR count). The van der Waals surface area contributed by atoms with Crippen LogP contribution in [0.15, 0.2) is 37.4 Å². The van der Waals surface area contributed by atoms with E-state index in [2.05, 4.69) is 36.3 Å². The van der Waals surface area contributed by atoms with E-state index < -0.39 is 0 Å². The van der Waals surface area contributed by atoms with Gasteiger partial charge in [-0.1, -0.05) is 24.8 Å². The van der Waals surface area contributed by atoms with Crippen molar-refractivity contribution in [2.75, 3.05) is 13.1 Å². The molecule has 130 valence electrons. The molecule has 1 amide bonds. The number of piperidine rings is 1. The van der Waals surface area contributed by atoms with Crippen LogP contribution >= 0.6 is 0 Å². The Labute approximate surface area is 148 Å². The van der Waals surface area contributed by atoms with Crippen molar-refractivity contribution >= 4 is 22.9 Å². The molecule has 1 aliphatic carbocycles. The Morgan fingerprint density at radius 2 is 2.20 bits per heavy atom. The molecule has 2 heterocycles. The molecule has 4 heteroatoms. The molecule has 1 aromatic carbocycles. The van der Waals surface area contributed by atoms with Crippen molar-refractivity contribution in [3.05, 3.63) is 54.3 Å². The molecule has 4 nitrogen and oxygen atoms in total. The maximum absolute atomic E-state index is 11.6. The molecular formula is C21H25N3O. The van der Waals surface area contributed by atoms with Crippen LogP contribution in [-0.2, 0) is 17.8 Å². The molecule has 25 heavy (non-hydrogen) atoms. The summed E-state index contributed by atoms with van der Waals surface area (Å²) in [5.74, 6) is 0.230. The summed E-state index contributed by atoms with van der Waals surface area (Å²) in [6, 6.07) is 6.97. The molecule has 0 saturated carbocycles. The maximum atomic E-state index is 11.6. The number of carbonyl (C=O) groups excluding carboxylic acids is 1. The van der Waals surface area contributed by atoms with Crippen molar-refractivity contribution < 1.29 is 4.79 Å². The van der Waals surface area contributed by atoms with Gasteiger partial charge in [0.25, 0.3) is 0 Å². The number of benzene rings is 1. The second kappa shape index (κ2) is 6.19. The third kappa shape index (κ3) is 2.44. The number of primary amides is 1. The third-order valence-corrected chi connectivity index (χ3v) is 5.84. The van der Waals surface area contributed by atoms with E-state index in [1.165, 1.54) is 29.4 Å². The number of hydrogen-bond donors (Lipinski definition) is 1. The van der Waals surface area contributed by atoms with Crippen LogP contribution in [0.25, 0.3) is 17.0 Å². The Balaban J connectivity index is 1.92. The Morgan fingerprint density at radius 1 is 1.36 bits per heavy atom. The highest BCUT2D eigenvalue weighted by atomic mass is 16.1. The minimum atomic E-state index is -0.318. The van der Waals surface area contributed by atoms with Gasteiger partial charge >= 0.3 is 0 Å². The number of amides is 1. The Kier molecular flexibility index (Phi) is 4.00. The molecule has 2 aliphatic rings. The van der Waals surface area contributed by atoms with Crippen molar-refractivity contribution in [2.45, 2.75) is 37.8 Å². The van der Waals surface area contributed by atoms with Crippen LogP contribution in [-0.4, -0.2) is 34.5 Å². The molecule has 1 aliphatic heterocycles. The molecule has 0 spiro atoms. The number of hydrogen-bond acceptors (Lipinski definition) is 2. The predicted molar refractivity (Wildman–Crippen MR) is 102 cm³/mol. The fraction of sp³-hybridized carbons (Fsp3) is 0.381. The molecule has 1 aromatic heterocycles. The third-order valence-electron chi connectivity index (χ3n) is 5.84. The van der Waals surface area contributed by atoms with Gasteiger partial charge in [-0.15, -0.1) is 6.58 Å². The first-order valence-corrected chi connectivity index (χ1v) is 9.05. The first-order valence-electron chi connectivity index (χ1n) is 9.05. The first-order chi connectivity index (χ1) is 12.2. The highest BCUT2D eigenvalue weighted by Crippen LogP contribution is 2.45.